The molecule has 0 bridgehead atoms. The number of hydrogen-bond donors (Lipinski definition) is 1. The first-order valence-electron chi connectivity index (χ1n) is 12.1. The second-order valence-corrected chi connectivity index (χ2v) is 10.1. The molecule has 1 atom stereocenters. The first-order valence-corrected chi connectivity index (χ1v) is 13.5. The Balaban J connectivity index is 0. The molecule has 0 saturated carbocycles. The molecule has 1 unspecified atom stereocenters. The van der Waals surface area contributed by atoms with Crippen molar-refractivity contribution in [1.82, 2.24) is 0 Å². The van der Waals surface area contributed by atoms with Gasteiger partial charge in [0.1, 0.15) is 0 Å². The number of hydrogen-bond acceptors (Lipinski definition) is 4. The van der Waals surface area contributed by atoms with Crippen LogP contribution in [0, 0.1) is 0 Å². The third-order valence-electron chi connectivity index (χ3n) is 5.80. The summed E-state index contributed by atoms with van der Waals surface area (Å²) >= 11 is 0. The van der Waals surface area contributed by atoms with Gasteiger partial charge in [0.15, 0.2) is 0 Å². The van der Waals surface area contributed by atoms with Gasteiger partial charge in [0.2, 0.25) is 0 Å². The zero-order valence-electron chi connectivity index (χ0n) is 19.5. The molecule has 0 amide bonds. The molecule has 0 saturated heterocycles. The topological polar surface area (TPSA) is 77.4 Å². The van der Waals surface area contributed by atoms with Crippen molar-refractivity contribution < 1.29 is 69.5 Å². The number of unbranched alkanes of at least 4 members (excludes halogenated alkanes) is 17. The maximum atomic E-state index is 11.0. The fourth-order valence-corrected chi connectivity index (χ4v) is 4.73. The first kappa shape index (κ1) is 32.7. The van der Waals surface area contributed by atoms with Gasteiger partial charge < -0.3 is 9.66 Å². The van der Waals surface area contributed by atoms with Crippen molar-refractivity contribution in [2.24, 2.45) is 0 Å². The quantitative estimate of drug-likeness (QED) is 0.152. The van der Waals surface area contributed by atoms with Crippen LogP contribution in [0.5, 0.6) is 0 Å². The summed E-state index contributed by atoms with van der Waals surface area (Å²) in [6.07, 6.45) is 23.6. The van der Waals surface area contributed by atoms with Crippen molar-refractivity contribution in [3.8, 4) is 0 Å². The maximum Gasteiger partial charge on any atom is 1.00 e. The van der Waals surface area contributed by atoms with Crippen LogP contribution in [0.4, 0.5) is 0 Å². The van der Waals surface area contributed by atoms with Gasteiger partial charge in [0.25, 0.3) is 0 Å². The summed E-state index contributed by atoms with van der Waals surface area (Å²) in [5, 5.41) is 8.05. The minimum atomic E-state index is -4.10. The van der Waals surface area contributed by atoms with Gasteiger partial charge in [-0.2, -0.15) is 0 Å². The summed E-state index contributed by atoms with van der Waals surface area (Å²) in [5.41, 5.74) is 0. The summed E-state index contributed by atoms with van der Waals surface area (Å²) in [6.45, 7) is 2.12. The normalized spacial score (nSPS) is 12.7. The van der Waals surface area contributed by atoms with E-state index in [9.17, 15) is 13.0 Å². The Kier molecular flexibility index (Phi) is 27.2. The number of rotatable bonds is 22. The van der Waals surface area contributed by atoms with Gasteiger partial charge in [0.05, 0.1) is 10.1 Å². The molecule has 170 valence electrons. The second-order valence-electron chi connectivity index (χ2n) is 8.40. The smallest absolute Gasteiger partial charge is 0.748 e. The monoisotopic (exact) mass is 458 g/mol. The Morgan fingerprint density at radius 3 is 1.14 bits per heavy atom. The van der Waals surface area contributed by atoms with Crippen LogP contribution in [0.25, 0.3) is 0 Å². The van der Waals surface area contributed by atoms with Crippen LogP contribution in [-0.2, 0) is 10.1 Å². The molecule has 29 heavy (non-hydrogen) atoms. The molecule has 0 aromatic carbocycles. The van der Waals surface area contributed by atoms with Gasteiger partial charge in [0, 0.05) is 11.9 Å². The van der Waals surface area contributed by atoms with Gasteiger partial charge in [-0.1, -0.05) is 116 Å². The SMILES string of the molecule is CCC(CCCCCCCCCCCCCCCCCCCCO)S(=O)(=O)[O-].[K+]. The largest absolute Gasteiger partial charge is 1.00 e. The fourth-order valence-electron chi connectivity index (χ4n) is 3.86. The molecule has 0 aliphatic carbocycles. The molecule has 0 spiro atoms. The molecule has 0 radical (unpaired) electrons. The molecule has 0 rings (SSSR count). The van der Waals surface area contributed by atoms with E-state index in [0.717, 1.165) is 25.7 Å². The van der Waals surface area contributed by atoms with E-state index in [1.165, 1.54) is 89.9 Å². The van der Waals surface area contributed by atoms with E-state index in [-0.39, 0.29) is 51.4 Å². The van der Waals surface area contributed by atoms with E-state index in [1.54, 1.807) is 6.92 Å². The number of aliphatic hydroxyl groups is 1. The van der Waals surface area contributed by atoms with Gasteiger partial charge in [-0.25, -0.2) is 8.42 Å². The maximum absolute atomic E-state index is 11.0. The third-order valence-corrected chi connectivity index (χ3v) is 7.18. The van der Waals surface area contributed by atoms with E-state index in [0.29, 0.717) is 19.4 Å². The van der Waals surface area contributed by atoms with E-state index < -0.39 is 15.4 Å². The standard InChI is InChI=1S/C23H48O4S.K/c1-2-23(28(25,26)27)21-19-17-15-13-11-9-7-5-3-4-6-8-10-12-14-16-18-20-22-24;/h23-24H,2-22H2,1H3,(H,25,26,27);/q;+1/p-1. The van der Waals surface area contributed by atoms with Gasteiger partial charge in [-0.05, 0) is 19.3 Å². The Labute approximate surface area is 224 Å². The van der Waals surface area contributed by atoms with Crippen molar-refractivity contribution in [1.29, 1.82) is 0 Å². The molecule has 0 fully saturated rings. The minimum absolute atomic E-state index is 0. The predicted molar refractivity (Wildman–Crippen MR) is 119 cm³/mol. The first-order chi connectivity index (χ1) is 13.5. The van der Waals surface area contributed by atoms with Crippen LogP contribution in [0.3, 0.4) is 0 Å². The predicted octanol–water partition coefficient (Wildman–Crippen LogP) is 3.72. The van der Waals surface area contributed by atoms with E-state index in [4.69, 9.17) is 5.11 Å². The molecule has 0 aliphatic rings. The average Bonchev–Trinajstić information content (AvgIpc) is 2.65. The summed E-state index contributed by atoms with van der Waals surface area (Å²) in [4.78, 5) is 0. The Morgan fingerprint density at radius 2 is 0.897 bits per heavy atom. The second kappa shape index (κ2) is 24.2. The van der Waals surface area contributed by atoms with Gasteiger partial charge in [-0.3, -0.25) is 0 Å². The van der Waals surface area contributed by atoms with E-state index in [2.05, 4.69) is 0 Å². The molecular weight excluding hydrogens is 411 g/mol. The zero-order valence-corrected chi connectivity index (χ0v) is 23.4. The van der Waals surface area contributed by atoms with Crippen molar-refractivity contribution in [2.75, 3.05) is 6.61 Å². The molecule has 6 heteroatoms. The molecule has 0 heterocycles. The van der Waals surface area contributed by atoms with Crippen LogP contribution in [0.15, 0.2) is 0 Å². The Bertz CT molecular complexity index is 415. The Morgan fingerprint density at radius 1 is 0.621 bits per heavy atom. The molecule has 1 N–H and O–H groups in total. The van der Waals surface area contributed by atoms with Gasteiger partial charge in [-0.15, -0.1) is 0 Å². The van der Waals surface area contributed by atoms with Crippen molar-refractivity contribution in [2.45, 2.75) is 141 Å². The molecular formula is C23H47KO4S. The van der Waals surface area contributed by atoms with Crippen LogP contribution < -0.4 is 51.4 Å². The van der Waals surface area contributed by atoms with Crippen molar-refractivity contribution in [3.63, 3.8) is 0 Å². The van der Waals surface area contributed by atoms with Crippen LogP contribution >= 0.6 is 0 Å². The summed E-state index contributed by atoms with van der Waals surface area (Å²) in [5.74, 6) is 0. The Hall–Kier alpha value is 1.51. The van der Waals surface area contributed by atoms with E-state index >= 15 is 0 Å². The average molecular weight is 459 g/mol. The molecule has 0 aromatic heterocycles. The summed E-state index contributed by atoms with van der Waals surface area (Å²) in [7, 11) is -4.10. The van der Waals surface area contributed by atoms with Crippen molar-refractivity contribution in [3.05, 3.63) is 0 Å². The van der Waals surface area contributed by atoms with Gasteiger partial charge >= 0.3 is 51.4 Å². The van der Waals surface area contributed by atoms with Crippen LogP contribution in [-0.4, -0.2) is 29.9 Å². The molecule has 0 aliphatic heterocycles. The van der Waals surface area contributed by atoms with Crippen LogP contribution in [0.2, 0.25) is 0 Å². The summed E-state index contributed by atoms with van der Waals surface area (Å²) in [6, 6.07) is 0. The third kappa shape index (κ3) is 24.0. The summed E-state index contributed by atoms with van der Waals surface area (Å²) < 4.78 is 33.1. The van der Waals surface area contributed by atoms with E-state index in [1.807, 2.05) is 0 Å². The fraction of sp³-hybridized carbons (Fsp3) is 1.00. The van der Waals surface area contributed by atoms with Crippen molar-refractivity contribution >= 4 is 10.1 Å². The number of aliphatic hydroxyl groups excluding tert-OH is 1. The zero-order chi connectivity index (χ0) is 20.9. The minimum Gasteiger partial charge on any atom is -0.748 e. The molecule has 0 aromatic rings. The molecule has 4 nitrogen and oxygen atoms in total. The van der Waals surface area contributed by atoms with Crippen LogP contribution in [0.1, 0.15) is 135 Å².